The molecule has 1 amide bonds. The summed E-state index contributed by atoms with van der Waals surface area (Å²) in [5, 5.41) is 11.8. The number of benzene rings is 2. The second-order valence-electron chi connectivity index (χ2n) is 7.52. The summed E-state index contributed by atoms with van der Waals surface area (Å²) in [6, 6.07) is 19.0. The van der Waals surface area contributed by atoms with Gasteiger partial charge in [0.15, 0.2) is 5.82 Å². The van der Waals surface area contributed by atoms with Crippen LogP contribution in [-0.2, 0) is 0 Å². The van der Waals surface area contributed by atoms with Crippen molar-refractivity contribution in [3.8, 4) is 17.0 Å². The zero-order valence-corrected chi connectivity index (χ0v) is 17.3. The Morgan fingerprint density at radius 1 is 1.03 bits per heavy atom. The lowest BCUT2D eigenvalue weighted by molar-refractivity contribution is 0.0940. The first kappa shape index (κ1) is 19.9. The highest BCUT2D eigenvalue weighted by Gasteiger charge is 2.15. The fraction of sp³-hybridized carbons (Fsp3) is 0.292. The fourth-order valence-corrected chi connectivity index (χ4v) is 3.69. The summed E-state index contributed by atoms with van der Waals surface area (Å²) in [6.07, 6.45) is 2.41. The summed E-state index contributed by atoms with van der Waals surface area (Å²) >= 11 is 0. The van der Waals surface area contributed by atoms with Crippen molar-refractivity contribution < 1.29 is 9.53 Å². The quantitative estimate of drug-likeness (QED) is 0.668. The Balaban J connectivity index is 1.47. The predicted molar refractivity (Wildman–Crippen MR) is 118 cm³/mol. The van der Waals surface area contributed by atoms with Crippen molar-refractivity contribution in [2.24, 2.45) is 0 Å². The summed E-state index contributed by atoms with van der Waals surface area (Å²) in [5.41, 5.74) is 3.21. The highest BCUT2D eigenvalue weighted by molar-refractivity contribution is 5.95. The minimum atomic E-state index is -0.143. The molecule has 0 saturated carbocycles. The van der Waals surface area contributed by atoms with Crippen LogP contribution in [0.4, 0.5) is 5.82 Å². The van der Waals surface area contributed by atoms with Gasteiger partial charge in [-0.25, -0.2) is 0 Å². The Labute approximate surface area is 176 Å². The van der Waals surface area contributed by atoms with Crippen LogP contribution in [-0.4, -0.2) is 36.3 Å². The van der Waals surface area contributed by atoms with Gasteiger partial charge in [0.1, 0.15) is 5.75 Å². The first-order valence-corrected chi connectivity index (χ1v) is 10.3. The first-order valence-electron chi connectivity index (χ1n) is 10.3. The number of nitrogens with one attached hydrogen (secondary N) is 1. The number of anilines is 1. The summed E-state index contributed by atoms with van der Waals surface area (Å²) in [5.74, 6) is 1.55. The molecule has 6 nitrogen and oxygen atoms in total. The molecule has 0 bridgehead atoms. The van der Waals surface area contributed by atoms with E-state index in [9.17, 15) is 4.79 Å². The highest BCUT2D eigenvalue weighted by Crippen LogP contribution is 2.23. The third-order valence-corrected chi connectivity index (χ3v) is 5.44. The molecule has 6 heteroatoms. The van der Waals surface area contributed by atoms with E-state index in [2.05, 4.69) is 20.4 Å². The van der Waals surface area contributed by atoms with Crippen LogP contribution in [0.1, 0.15) is 41.7 Å². The molecule has 0 spiro atoms. The van der Waals surface area contributed by atoms with Gasteiger partial charge in [0.2, 0.25) is 0 Å². The van der Waals surface area contributed by atoms with Gasteiger partial charge < -0.3 is 15.0 Å². The molecule has 0 aliphatic carbocycles. The number of ether oxygens (including phenoxy) is 1. The van der Waals surface area contributed by atoms with Crippen LogP contribution in [0.25, 0.3) is 11.3 Å². The largest absolute Gasteiger partial charge is 0.497 e. The maximum atomic E-state index is 12.8. The van der Waals surface area contributed by atoms with E-state index in [0.717, 1.165) is 41.5 Å². The summed E-state index contributed by atoms with van der Waals surface area (Å²) in [7, 11) is 1.63. The van der Waals surface area contributed by atoms with Crippen molar-refractivity contribution in [2.45, 2.75) is 25.8 Å². The van der Waals surface area contributed by atoms with Crippen molar-refractivity contribution in [2.75, 3.05) is 25.1 Å². The lowest BCUT2D eigenvalue weighted by Crippen LogP contribution is -2.26. The zero-order valence-electron chi connectivity index (χ0n) is 17.3. The number of amides is 1. The van der Waals surface area contributed by atoms with E-state index in [0.29, 0.717) is 5.56 Å². The topological polar surface area (TPSA) is 67.3 Å². The molecule has 2 heterocycles. The molecular weight excluding hydrogens is 376 g/mol. The average molecular weight is 402 g/mol. The molecule has 1 saturated heterocycles. The van der Waals surface area contributed by atoms with Gasteiger partial charge in [0, 0.05) is 24.2 Å². The Morgan fingerprint density at radius 3 is 2.57 bits per heavy atom. The monoisotopic (exact) mass is 402 g/mol. The Morgan fingerprint density at radius 2 is 1.83 bits per heavy atom. The summed E-state index contributed by atoms with van der Waals surface area (Å²) in [6.45, 7) is 4.03. The highest BCUT2D eigenvalue weighted by atomic mass is 16.5. The first-order chi connectivity index (χ1) is 14.6. The summed E-state index contributed by atoms with van der Waals surface area (Å²) < 4.78 is 5.27. The van der Waals surface area contributed by atoms with E-state index in [1.807, 2.05) is 67.6 Å². The second kappa shape index (κ2) is 8.95. The molecule has 1 aromatic heterocycles. The smallest absolute Gasteiger partial charge is 0.251 e. The standard InChI is InChI=1S/C24H26N4O2/c1-17(18-7-6-10-21(16-18)30-2)25-24(29)20-9-5-8-19(15-20)22-11-12-23(27-26-22)28-13-3-4-14-28/h5-12,15-17H,3-4,13-14H2,1-2H3,(H,25,29)/t17-/m1/s1. The summed E-state index contributed by atoms with van der Waals surface area (Å²) in [4.78, 5) is 15.1. The number of rotatable bonds is 6. The lowest BCUT2D eigenvalue weighted by atomic mass is 10.1. The second-order valence-corrected chi connectivity index (χ2v) is 7.52. The van der Waals surface area contributed by atoms with Crippen molar-refractivity contribution in [1.82, 2.24) is 15.5 Å². The van der Waals surface area contributed by atoms with Crippen molar-refractivity contribution in [3.05, 3.63) is 71.8 Å². The number of hydrogen-bond donors (Lipinski definition) is 1. The molecule has 0 radical (unpaired) electrons. The molecular formula is C24H26N4O2. The van der Waals surface area contributed by atoms with Crippen molar-refractivity contribution >= 4 is 11.7 Å². The molecule has 1 aliphatic heterocycles. The van der Waals surface area contributed by atoms with E-state index in [1.54, 1.807) is 7.11 Å². The third-order valence-electron chi connectivity index (χ3n) is 5.44. The number of carbonyl (C=O) groups is 1. The number of carbonyl (C=O) groups excluding carboxylic acids is 1. The number of methoxy groups -OCH3 is 1. The molecule has 2 aromatic carbocycles. The van der Waals surface area contributed by atoms with Gasteiger partial charge in [-0.15, -0.1) is 10.2 Å². The molecule has 154 valence electrons. The molecule has 1 atom stereocenters. The van der Waals surface area contributed by atoms with Crippen LogP contribution in [0.2, 0.25) is 0 Å². The van der Waals surface area contributed by atoms with Gasteiger partial charge in [0.25, 0.3) is 5.91 Å². The minimum Gasteiger partial charge on any atom is -0.497 e. The zero-order chi connectivity index (χ0) is 20.9. The Hall–Kier alpha value is -3.41. The van der Waals surface area contributed by atoms with Gasteiger partial charge in [-0.3, -0.25) is 4.79 Å². The molecule has 1 fully saturated rings. The minimum absolute atomic E-state index is 0.131. The van der Waals surface area contributed by atoms with Crippen LogP contribution in [0, 0.1) is 0 Å². The van der Waals surface area contributed by atoms with Crippen LogP contribution in [0.3, 0.4) is 0 Å². The Kier molecular flexibility index (Phi) is 5.93. The van der Waals surface area contributed by atoms with Gasteiger partial charge in [0.05, 0.1) is 18.8 Å². The fourth-order valence-electron chi connectivity index (χ4n) is 3.69. The van der Waals surface area contributed by atoms with Gasteiger partial charge in [-0.1, -0.05) is 24.3 Å². The van der Waals surface area contributed by atoms with Crippen molar-refractivity contribution in [1.29, 1.82) is 0 Å². The van der Waals surface area contributed by atoms with Gasteiger partial charge in [-0.2, -0.15) is 0 Å². The van der Waals surface area contributed by atoms with Gasteiger partial charge >= 0.3 is 0 Å². The van der Waals surface area contributed by atoms with Crippen LogP contribution < -0.4 is 15.0 Å². The maximum Gasteiger partial charge on any atom is 0.251 e. The van der Waals surface area contributed by atoms with E-state index >= 15 is 0 Å². The van der Waals surface area contributed by atoms with Crippen LogP contribution in [0.5, 0.6) is 5.75 Å². The van der Waals surface area contributed by atoms with Crippen LogP contribution in [0.15, 0.2) is 60.7 Å². The average Bonchev–Trinajstić information content (AvgIpc) is 3.34. The molecule has 4 rings (SSSR count). The van der Waals surface area contributed by atoms with E-state index in [-0.39, 0.29) is 11.9 Å². The molecule has 3 aromatic rings. The number of hydrogen-bond acceptors (Lipinski definition) is 5. The van der Waals surface area contributed by atoms with E-state index in [4.69, 9.17) is 4.74 Å². The van der Waals surface area contributed by atoms with E-state index in [1.165, 1.54) is 12.8 Å². The number of nitrogens with zero attached hydrogens (tertiary/aromatic N) is 3. The lowest BCUT2D eigenvalue weighted by Gasteiger charge is -2.16. The third kappa shape index (κ3) is 4.43. The normalized spacial score (nSPS) is 14.4. The van der Waals surface area contributed by atoms with E-state index < -0.39 is 0 Å². The number of aromatic nitrogens is 2. The maximum absolute atomic E-state index is 12.8. The molecule has 0 unspecified atom stereocenters. The van der Waals surface area contributed by atoms with Crippen molar-refractivity contribution in [3.63, 3.8) is 0 Å². The molecule has 1 aliphatic rings. The Bertz CT molecular complexity index is 1010. The molecule has 30 heavy (non-hydrogen) atoms. The van der Waals surface area contributed by atoms with Gasteiger partial charge in [-0.05, 0) is 61.7 Å². The molecule has 1 N–H and O–H groups in total. The van der Waals surface area contributed by atoms with Crippen LogP contribution >= 0.6 is 0 Å². The SMILES string of the molecule is COc1cccc([C@@H](C)NC(=O)c2cccc(-c3ccc(N4CCCC4)nn3)c2)c1. The predicted octanol–water partition coefficient (Wildman–Crippen LogP) is 4.24.